The minimum absolute atomic E-state index is 0.0337. The Bertz CT molecular complexity index is 431. The lowest BCUT2D eigenvalue weighted by Gasteiger charge is -2.19. The molecule has 0 spiro atoms. The number of nitrogens with zero attached hydrogens (tertiary/aromatic N) is 1. The van der Waals surface area contributed by atoms with Gasteiger partial charge in [-0.15, -0.1) is 0 Å². The quantitative estimate of drug-likeness (QED) is 0.703. The lowest BCUT2D eigenvalue weighted by atomic mass is 9.98. The van der Waals surface area contributed by atoms with Crippen LogP contribution in [-0.4, -0.2) is 29.9 Å². The molecule has 0 heterocycles. The molecule has 0 radical (unpaired) electrons. The molecule has 0 aliphatic heterocycles. The van der Waals surface area contributed by atoms with Gasteiger partial charge in [-0.25, -0.2) is 4.39 Å². The zero-order valence-electron chi connectivity index (χ0n) is 10.2. The van der Waals surface area contributed by atoms with Gasteiger partial charge in [-0.2, -0.15) is 5.26 Å². The molecule has 4 nitrogen and oxygen atoms in total. The Morgan fingerprint density at radius 2 is 2.17 bits per heavy atom. The van der Waals surface area contributed by atoms with Crippen molar-refractivity contribution >= 4 is 0 Å². The maximum atomic E-state index is 13.6. The molecule has 3 N–H and O–H groups in total. The number of halogens is 1. The molecule has 1 aromatic rings. The van der Waals surface area contributed by atoms with E-state index in [1.165, 1.54) is 18.2 Å². The molecule has 0 aliphatic rings. The van der Waals surface area contributed by atoms with E-state index in [-0.39, 0.29) is 12.0 Å². The van der Waals surface area contributed by atoms with Crippen molar-refractivity contribution < 1.29 is 14.6 Å². The molecule has 0 aliphatic carbocycles. The topological polar surface area (TPSA) is 76.3 Å². The Kier molecular flexibility index (Phi) is 5.72. The highest BCUT2D eigenvalue weighted by Gasteiger charge is 2.21. The number of hydrogen-bond donors (Lipinski definition) is 3. The Morgan fingerprint density at radius 1 is 1.44 bits per heavy atom. The molecular formula is C13H17FN2O2. The van der Waals surface area contributed by atoms with Crippen molar-refractivity contribution in [3.63, 3.8) is 0 Å². The second-order valence-corrected chi connectivity index (χ2v) is 4.10. The van der Waals surface area contributed by atoms with Gasteiger partial charge < -0.3 is 15.5 Å². The van der Waals surface area contributed by atoms with E-state index in [1.807, 2.05) is 6.07 Å². The highest BCUT2D eigenvalue weighted by Crippen LogP contribution is 2.23. The van der Waals surface area contributed by atoms with Gasteiger partial charge in [0, 0.05) is 5.56 Å². The molecule has 1 rings (SSSR count). The van der Waals surface area contributed by atoms with E-state index in [9.17, 15) is 14.6 Å². The van der Waals surface area contributed by atoms with E-state index < -0.39 is 18.0 Å². The van der Waals surface area contributed by atoms with E-state index in [2.05, 4.69) is 5.32 Å². The van der Waals surface area contributed by atoms with E-state index in [4.69, 9.17) is 5.26 Å². The maximum absolute atomic E-state index is 13.6. The van der Waals surface area contributed by atoms with Crippen LogP contribution in [-0.2, 0) is 6.42 Å². The molecular weight excluding hydrogens is 235 g/mol. The Labute approximate surface area is 106 Å². The van der Waals surface area contributed by atoms with Crippen LogP contribution in [0.25, 0.3) is 0 Å². The van der Waals surface area contributed by atoms with Crippen molar-refractivity contribution in [2.75, 3.05) is 13.6 Å². The van der Waals surface area contributed by atoms with Crippen molar-refractivity contribution in [1.82, 2.24) is 5.32 Å². The summed E-state index contributed by atoms with van der Waals surface area (Å²) in [6, 6.07) is 6.08. The summed E-state index contributed by atoms with van der Waals surface area (Å²) in [5.74, 6) is -0.576. The smallest absolute Gasteiger partial charge is 0.129 e. The van der Waals surface area contributed by atoms with Crippen LogP contribution in [0.15, 0.2) is 18.2 Å². The van der Waals surface area contributed by atoms with Gasteiger partial charge in [0.05, 0.1) is 18.6 Å². The second-order valence-electron chi connectivity index (χ2n) is 4.10. The number of rotatable bonds is 6. The fourth-order valence-corrected chi connectivity index (χ4v) is 1.68. The highest BCUT2D eigenvalue weighted by atomic mass is 19.1. The zero-order chi connectivity index (χ0) is 13.5. The van der Waals surface area contributed by atoms with Crippen LogP contribution < -0.4 is 5.32 Å². The number of aliphatic hydroxyl groups excluding tert-OH is 2. The van der Waals surface area contributed by atoms with Crippen molar-refractivity contribution in [3.8, 4) is 6.07 Å². The van der Waals surface area contributed by atoms with Crippen LogP contribution in [0.2, 0.25) is 0 Å². The summed E-state index contributed by atoms with van der Waals surface area (Å²) in [7, 11) is 1.73. The lowest BCUT2D eigenvalue weighted by Crippen LogP contribution is -2.24. The van der Waals surface area contributed by atoms with Gasteiger partial charge in [-0.1, -0.05) is 6.07 Å². The lowest BCUT2D eigenvalue weighted by molar-refractivity contribution is 0.0120. The van der Waals surface area contributed by atoms with Crippen LogP contribution in [0.3, 0.4) is 0 Å². The SMILES string of the molecule is CNCCC(O)C(O)c1cc(CC#N)ccc1F. The monoisotopic (exact) mass is 252 g/mol. The Hall–Kier alpha value is -1.48. The molecule has 0 saturated heterocycles. The highest BCUT2D eigenvalue weighted by molar-refractivity contribution is 5.29. The van der Waals surface area contributed by atoms with Crippen LogP contribution >= 0.6 is 0 Å². The summed E-state index contributed by atoms with van der Waals surface area (Å²) < 4.78 is 13.6. The van der Waals surface area contributed by atoms with Gasteiger partial charge in [-0.05, 0) is 37.7 Å². The van der Waals surface area contributed by atoms with Crippen LogP contribution in [0.4, 0.5) is 4.39 Å². The third kappa shape index (κ3) is 3.77. The first kappa shape index (κ1) is 14.6. The summed E-state index contributed by atoms with van der Waals surface area (Å²) in [4.78, 5) is 0. The number of aliphatic hydroxyl groups is 2. The summed E-state index contributed by atoms with van der Waals surface area (Å²) in [6.45, 7) is 0.526. The van der Waals surface area contributed by atoms with Crippen molar-refractivity contribution in [2.24, 2.45) is 0 Å². The Balaban J connectivity index is 2.86. The summed E-state index contributed by atoms with van der Waals surface area (Å²) in [5.41, 5.74) is 0.653. The molecule has 0 amide bonds. The fourth-order valence-electron chi connectivity index (χ4n) is 1.68. The number of benzene rings is 1. The van der Waals surface area contributed by atoms with Crippen LogP contribution in [0.5, 0.6) is 0 Å². The molecule has 1 aromatic carbocycles. The minimum Gasteiger partial charge on any atom is -0.390 e. The maximum Gasteiger partial charge on any atom is 0.129 e. The molecule has 0 bridgehead atoms. The number of nitrogens with one attached hydrogen (secondary N) is 1. The molecule has 0 saturated carbocycles. The first-order chi connectivity index (χ1) is 8.60. The molecule has 2 unspecified atom stereocenters. The third-order valence-electron chi connectivity index (χ3n) is 2.72. The van der Waals surface area contributed by atoms with E-state index in [0.29, 0.717) is 18.5 Å². The largest absolute Gasteiger partial charge is 0.390 e. The average molecular weight is 252 g/mol. The van der Waals surface area contributed by atoms with E-state index >= 15 is 0 Å². The average Bonchev–Trinajstić information content (AvgIpc) is 2.37. The van der Waals surface area contributed by atoms with Crippen molar-refractivity contribution in [1.29, 1.82) is 5.26 Å². The summed E-state index contributed by atoms with van der Waals surface area (Å²) >= 11 is 0. The van der Waals surface area contributed by atoms with Gasteiger partial charge in [0.15, 0.2) is 0 Å². The van der Waals surface area contributed by atoms with Gasteiger partial charge in [-0.3, -0.25) is 0 Å². The molecule has 98 valence electrons. The van der Waals surface area contributed by atoms with Gasteiger partial charge in [0.2, 0.25) is 0 Å². The second kappa shape index (κ2) is 7.07. The first-order valence-corrected chi connectivity index (χ1v) is 5.76. The van der Waals surface area contributed by atoms with Crippen LogP contribution in [0.1, 0.15) is 23.7 Å². The predicted octanol–water partition coefficient (Wildman–Crippen LogP) is 0.896. The van der Waals surface area contributed by atoms with E-state index in [0.717, 1.165) is 0 Å². The third-order valence-corrected chi connectivity index (χ3v) is 2.72. The van der Waals surface area contributed by atoms with E-state index in [1.54, 1.807) is 7.05 Å². The summed E-state index contributed by atoms with van der Waals surface area (Å²) in [6.07, 6.45) is -1.85. The molecule has 0 aromatic heterocycles. The Morgan fingerprint density at radius 3 is 2.78 bits per heavy atom. The summed E-state index contributed by atoms with van der Waals surface area (Å²) in [5, 5.41) is 31.0. The molecule has 5 heteroatoms. The molecule has 18 heavy (non-hydrogen) atoms. The fraction of sp³-hybridized carbons (Fsp3) is 0.462. The molecule has 0 fully saturated rings. The van der Waals surface area contributed by atoms with Crippen molar-refractivity contribution in [2.45, 2.75) is 25.0 Å². The first-order valence-electron chi connectivity index (χ1n) is 5.76. The normalized spacial score (nSPS) is 13.9. The van der Waals surface area contributed by atoms with Gasteiger partial charge >= 0.3 is 0 Å². The number of hydrogen-bond acceptors (Lipinski definition) is 4. The zero-order valence-corrected chi connectivity index (χ0v) is 10.2. The van der Waals surface area contributed by atoms with Crippen LogP contribution in [0, 0.1) is 17.1 Å². The van der Waals surface area contributed by atoms with Gasteiger partial charge in [0.1, 0.15) is 11.9 Å². The predicted molar refractivity (Wildman–Crippen MR) is 65.2 cm³/mol. The molecule has 2 atom stereocenters. The van der Waals surface area contributed by atoms with Crippen molar-refractivity contribution in [3.05, 3.63) is 35.1 Å². The standard InChI is InChI=1S/C13H17FN2O2/c1-16-7-5-12(17)13(18)10-8-9(4-6-15)2-3-11(10)14/h2-3,8,12-13,16-18H,4-5,7H2,1H3. The van der Waals surface area contributed by atoms with Gasteiger partial charge in [0.25, 0.3) is 0 Å². The minimum atomic E-state index is -1.28. The number of nitriles is 1.